The SMILES string of the molecule is COC(=O)c1cc(NC(=O)c2cc3cc(-c4cc(NC(=O)c5cc6ccccc6c(N=Nc6c(C#N)cnn6-c6cnccn6)c5O)ccc4OC)ccc3c(NNc3c(C#N)cnn3-c3ncccn3)c2O)cc(C(C)=O)c1. The first kappa shape index (κ1) is 50.6. The molecule has 10 aromatic rings. The molecule has 0 saturated carbocycles. The Bertz CT molecular complexity index is 4230. The van der Waals surface area contributed by atoms with Crippen molar-refractivity contribution in [3.05, 3.63) is 174 Å². The second-order valence-electron chi connectivity index (χ2n) is 17.0. The van der Waals surface area contributed by atoms with Crippen LogP contribution in [0.4, 0.5) is 34.4 Å². The van der Waals surface area contributed by atoms with Gasteiger partial charge in [-0.15, -0.1) is 10.2 Å². The number of benzene rings is 6. The van der Waals surface area contributed by atoms with Crippen LogP contribution in [0.2, 0.25) is 0 Å². The number of nitrogens with zero attached hydrogens (tertiary/aromatic N) is 12. The van der Waals surface area contributed by atoms with E-state index in [1.807, 2.05) is 6.07 Å². The summed E-state index contributed by atoms with van der Waals surface area (Å²) in [6.45, 7) is 1.29. The fraction of sp³-hybridized carbons (Fsp3) is 0.0545. The van der Waals surface area contributed by atoms with Gasteiger partial charge in [0.1, 0.15) is 40.4 Å². The van der Waals surface area contributed by atoms with Crippen LogP contribution in [0.1, 0.15) is 59.5 Å². The van der Waals surface area contributed by atoms with E-state index in [2.05, 4.69) is 67.9 Å². The van der Waals surface area contributed by atoms with Gasteiger partial charge in [-0.1, -0.05) is 36.4 Å². The number of hydrogen-bond acceptors (Lipinski definition) is 20. The summed E-state index contributed by atoms with van der Waals surface area (Å²) in [4.78, 5) is 70.5. The van der Waals surface area contributed by atoms with Gasteiger partial charge in [0, 0.05) is 58.1 Å². The number of Topliss-reactive ketones (excluding diaryl/α,β-unsaturated/α-hetero) is 1. The van der Waals surface area contributed by atoms with Crippen molar-refractivity contribution in [2.45, 2.75) is 6.92 Å². The summed E-state index contributed by atoms with van der Waals surface area (Å²) in [6, 6.07) is 29.5. The van der Waals surface area contributed by atoms with Gasteiger partial charge in [0.2, 0.25) is 0 Å². The summed E-state index contributed by atoms with van der Waals surface area (Å²) in [7, 11) is 2.63. The Labute approximate surface area is 445 Å². The Balaban J connectivity index is 1.02. The predicted octanol–water partition coefficient (Wildman–Crippen LogP) is 9.12. The molecule has 0 aliphatic heterocycles. The first-order chi connectivity index (χ1) is 38.4. The highest BCUT2D eigenvalue weighted by Gasteiger charge is 2.24. The average molecular weight is 1050 g/mol. The van der Waals surface area contributed by atoms with E-state index in [-0.39, 0.29) is 79.5 Å². The highest BCUT2D eigenvalue weighted by atomic mass is 16.5. The Morgan fingerprint density at radius 1 is 0.658 bits per heavy atom. The topological polar surface area (TPSA) is 335 Å². The lowest BCUT2D eigenvalue weighted by Gasteiger charge is -2.18. The number of amides is 2. The normalized spacial score (nSPS) is 10.9. The number of esters is 1. The third-order valence-corrected chi connectivity index (χ3v) is 12.2. The monoisotopic (exact) mass is 1050 g/mol. The number of carbonyl (C=O) groups is 4. The highest BCUT2D eigenvalue weighted by Crippen LogP contribution is 2.43. The lowest BCUT2D eigenvalue weighted by Crippen LogP contribution is -2.17. The van der Waals surface area contributed by atoms with E-state index in [0.29, 0.717) is 38.4 Å². The van der Waals surface area contributed by atoms with Crippen molar-refractivity contribution in [3.8, 4) is 52.3 Å². The number of fused-ring (bicyclic) bond motifs is 2. The van der Waals surface area contributed by atoms with Crippen molar-refractivity contribution in [1.29, 1.82) is 10.5 Å². The van der Waals surface area contributed by atoms with Gasteiger partial charge in [0.25, 0.3) is 17.8 Å². The molecule has 0 aliphatic carbocycles. The Hall–Kier alpha value is -11.9. The molecule has 0 radical (unpaired) electrons. The van der Waals surface area contributed by atoms with Crippen molar-refractivity contribution >= 4 is 79.5 Å². The molecule has 0 atom stereocenters. The molecule has 0 unspecified atom stereocenters. The number of rotatable bonds is 15. The number of azo groups is 1. The summed E-state index contributed by atoms with van der Waals surface area (Å²) >= 11 is 0. The van der Waals surface area contributed by atoms with Crippen LogP contribution in [0.5, 0.6) is 17.2 Å². The van der Waals surface area contributed by atoms with Crippen molar-refractivity contribution in [3.63, 3.8) is 0 Å². The summed E-state index contributed by atoms with van der Waals surface area (Å²) in [5.74, 6) is -2.96. The third-order valence-electron chi connectivity index (χ3n) is 12.2. The molecule has 6 N–H and O–H groups in total. The molecule has 4 aromatic heterocycles. The van der Waals surface area contributed by atoms with Crippen LogP contribution in [0, 0.1) is 22.7 Å². The summed E-state index contributed by atoms with van der Waals surface area (Å²) in [6.07, 6.45) is 9.90. The zero-order chi connectivity index (χ0) is 55.3. The predicted molar refractivity (Wildman–Crippen MR) is 286 cm³/mol. The maximum absolute atomic E-state index is 14.4. The molecule has 6 aromatic carbocycles. The van der Waals surface area contributed by atoms with E-state index in [1.165, 1.54) is 104 Å². The second-order valence-corrected chi connectivity index (χ2v) is 17.0. The molecule has 10 rings (SSSR count). The molecule has 24 heteroatoms. The standard InChI is InChI=1S/C55H38N16O8/c1-29(72)32-18-34(54(77)79-3)20-38(19-32)65-53(76)43-22-33-17-31(9-11-40(33)47(49(43)74)67-69-51-36(25-57)27-63-71(51)55-60-13-6-14-61-55)41-23-37(10-12-44(41)78-2)64-52(75)42-21-30-7-4-5-8-39(30)46(48(42)73)66-68-50-35(24-56)26-62-70(50)45-28-58-15-16-59-45/h4-23,26-28,67,69,73-74H,1-3H3,(H,64,75)(H,65,76). The number of hydrazine groups is 1. The maximum Gasteiger partial charge on any atom is 0.337 e. The maximum atomic E-state index is 14.4. The van der Waals surface area contributed by atoms with Crippen LogP contribution in [0.3, 0.4) is 0 Å². The van der Waals surface area contributed by atoms with E-state index in [9.17, 15) is 39.9 Å². The number of anilines is 4. The minimum atomic E-state index is -0.853. The van der Waals surface area contributed by atoms with Crippen LogP contribution in [0.25, 0.3) is 44.4 Å². The number of phenolic OH excluding ortho intramolecular Hbond substituents is 2. The lowest BCUT2D eigenvalue weighted by molar-refractivity contribution is 0.0600. The van der Waals surface area contributed by atoms with Crippen molar-refractivity contribution < 1.29 is 38.9 Å². The van der Waals surface area contributed by atoms with Gasteiger partial charge in [0.05, 0.1) is 49.5 Å². The molecule has 386 valence electrons. The molecule has 24 nitrogen and oxygen atoms in total. The molecular weight excluding hydrogens is 1010 g/mol. The van der Waals surface area contributed by atoms with E-state index < -0.39 is 35.1 Å². The minimum absolute atomic E-state index is 0.00459. The molecule has 79 heavy (non-hydrogen) atoms. The molecule has 0 aliphatic rings. The van der Waals surface area contributed by atoms with Gasteiger partial charge < -0.3 is 30.3 Å². The zero-order valence-electron chi connectivity index (χ0n) is 41.5. The number of methoxy groups -OCH3 is 2. The highest BCUT2D eigenvalue weighted by molar-refractivity contribution is 6.14. The summed E-state index contributed by atoms with van der Waals surface area (Å²) in [5, 5.41) is 68.1. The van der Waals surface area contributed by atoms with Gasteiger partial charge in [-0.05, 0) is 83.9 Å². The number of hydrogen-bond donors (Lipinski definition) is 6. The van der Waals surface area contributed by atoms with E-state index >= 15 is 0 Å². The second kappa shape index (κ2) is 21.5. The van der Waals surface area contributed by atoms with Gasteiger partial charge >= 0.3 is 5.97 Å². The minimum Gasteiger partial charge on any atom is -0.505 e. The largest absolute Gasteiger partial charge is 0.505 e. The first-order valence-corrected chi connectivity index (χ1v) is 23.4. The van der Waals surface area contributed by atoms with Crippen LogP contribution in [-0.4, -0.2) is 87.5 Å². The molecule has 4 heterocycles. The fourth-order valence-corrected chi connectivity index (χ4v) is 8.41. The summed E-state index contributed by atoms with van der Waals surface area (Å²) in [5.41, 5.74) is 6.86. The molecule has 0 spiro atoms. The first-order valence-electron chi connectivity index (χ1n) is 23.4. The van der Waals surface area contributed by atoms with Crippen molar-refractivity contribution in [2.75, 3.05) is 35.7 Å². The van der Waals surface area contributed by atoms with E-state index in [0.717, 1.165) is 0 Å². The van der Waals surface area contributed by atoms with Crippen LogP contribution in [0.15, 0.2) is 151 Å². The smallest absolute Gasteiger partial charge is 0.337 e. The van der Waals surface area contributed by atoms with Crippen molar-refractivity contribution in [2.24, 2.45) is 10.2 Å². The number of aromatic hydroxyl groups is 2. The lowest BCUT2D eigenvalue weighted by atomic mass is 9.96. The van der Waals surface area contributed by atoms with Crippen molar-refractivity contribution in [1.82, 2.24) is 39.5 Å². The number of carbonyl (C=O) groups excluding carboxylic acids is 4. The number of ketones is 1. The third kappa shape index (κ3) is 9.96. The molecule has 0 fully saturated rings. The van der Waals surface area contributed by atoms with Gasteiger partial charge in [-0.25, -0.2) is 19.7 Å². The molecule has 2 amide bonds. The summed E-state index contributed by atoms with van der Waals surface area (Å²) < 4.78 is 13.2. The van der Waals surface area contributed by atoms with Crippen LogP contribution >= 0.6 is 0 Å². The average Bonchev–Trinajstić information content (AvgIpc) is 4.15. The van der Waals surface area contributed by atoms with Crippen LogP contribution in [-0.2, 0) is 4.74 Å². The van der Waals surface area contributed by atoms with E-state index in [1.54, 1.807) is 66.7 Å². The fourth-order valence-electron chi connectivity index (χ4n) is 8.41. The van der Waals surface area contributed by atoms with Gasteiger partial charge in [-0.2, -0.15) is 30.1 Å². The quantitative estimate of drug-likeness (QED) is 0.0183. The van der Waals surface area contributed by atoms with Gasteiger partial charge in [-0.3, -0.25) is 30.2 Å². The Morgan fingerprint density at radius 2 is 1.38 bits per heavy atom. The zero-order valence-corrected chi connectivity index (χ0v) is 41.5. The number of nitrogens with one attached hydrogen (secondary N) is 4. The van der Waals surface area contributed by atoms with Gasteiger partial charge in [0.15, 0.2) is 34.7 Å². The van der Waals surface area contributed by atoms with Crippen LogP contribution < -0.4 is 26.2 Å². The van der Waals surface area contributed by atoms with E-state index in [4.69, 9.17) is 9.47 Å². The molecule has 0 bridgehead atoms. The Morgan fingerprint density at radius 3 is 2.11 bits per heavy atom. The molecular formula is C55H38N16O8. The number of aromatic nitrogens is 8. The number of ether oxygens (including phenoxy) is 2. The Kier molecular flexibility index (Phi) is 13.8. The molecule has 0 saturated heterocycles. The number of nitriles is 2. The number of phenols is 2.